The fraction of sp³-hybridized carbons (Fsp3) is 0.469. The van der Waals surface area contributed by atoms with E-state index in [1.165, 1.54) is 24.3 Å². The van der Waals surface area contributed by atoms with Crippen LogP contribution in [0.5, 0.6) is 11.5 Å². The van der Waals surface area contributed by atoms with Gasteiger partial charge in [0.05, 0.1) is 29.8 Å². The summed E-state index contributed by atoms with van der Waals surface area (Å²) >= 11 is 0. The maximum Gasteiger partial charge on any atom is 0.269 e. The number of fused-ring (bicyclic) bond motifs is 2. The number of aliphatic hydroxyl groups excluding tert-OH is 2. The number of carbonyl (C=O) groups is 1. The zero-order chi connectivity index (χ0) is 44.3. The van der Waals surface area contributed by atoms with E-state index in [0.29, 0.717) is 54.2 Å². The van der Waals surface area contributed by atoms with Crippen LogP contribution in [0.3, 0.4) is 0 Å². The van der Waals surface area contributed by atoms with E-state index in [1.807, 2.05) is 12.1 Å². The predicted octanol–water partition coefficient (Wildman–Crippen LogP) is 8.64. The van der Waals surface area contributed by atoms with Crippen LogP contribution in [0.15, 0.2) is 102 Å². The number of likely N-dealkylation sites (N-methyl/N-ethyl adjacent to an activating group) is 1. The first-order chi connectivity index (χ1) is 30.7. The molecule has 3 aromatic rings. The van der Waals surface area contributed by atoms with Gasteiger partial charge in [0.1, 0.15) is 30.0 Å². The lowest BCUT2D eigenvalue weighted by Crippen LogP contribution is -2.69. The minimum atomic E-state index is -1.47. The third kappa shape index (κ3) is 10.4. The number of nitro groups is 1. The number of hydrogen-bond acceptors (Lipinski definition) is 11. The normalized spacial score (nSPS) is 25.7. The van der Waals surface area contributed by atoms with Gasteiger partial charge in [0.15, 0.2) is 0 Å². The van der Waals surface area contributed by atoms with Crippen LogP contribution in [0.1, 0.15) is 86.8 Å². The van der Waals surface area contributed by atoms with Crippen LogP contribution in [0.25, 0.3) is 6.08 Å². The van der Waals surface area contributed by atoms with E-state index in [-0.39, 0.29) is 68.0 Å². The summed E-state index contributed by atoms with van der Waals surface area (Å²) in [6.07, 6.45) is 13.5. The number of non-ortho nitro benzene ring substituents is 1. The van der Waals surface area contributed by atoms with Gasteiger partial charge in [-0.2, -0.15) is 0 Å². The Hall–Kier alpha value is -5.41. The predicted molar refractivity (Wildman–Crippen MR) is 235 cm³/mol. The summed E-state index contributed by atoms with van der Waals surface area (Å²) in [7, 11) is 1.70. The number of carbonyl (C=O) groups excluding carboxylic acids is 1. The second kappa shape index (κ2) is 21.3. The Morgan fingerprint density at radius 1 is 1.06 bits per heavy atom. The molecule has 2 aliphatic carbocycles. The molecule has 0 radical (unpaired) electrons. The molecule has 2 aliphatic heterocycles. The van der Waals surface area contributed by atoms with E-state index in [4.69, 9.17) is 28.9 Å². The Morgan fingerprint density at radius 3 is 2.56 bits per heavy atom. The molecule has 2 N–H and O–H groups in total. The zero-order valence-corrected chi connectivity index (χ0v) is 35.8. The number of hydrogen-bond donors (Lipinski definition) is 2. The summed E-state index contributed by atoms with van der Waals surface area (Å²) in [5, 5.41) is 36.0. The molecule has 0 spiro atoms. The van der Waals surface area contributed by atoms with Gasteiger partial charge in [-0.05, 0) is 104 Å². The monoisotopic (exact) mass is 867 g/mol. The van der Waals surface area contributed by atoms with Gasteiger partial charge in [0, 0.05) is 68.4 Å². The first-order valence-electron chi connectivity index (χ1n) is 22.1. The van der Waals surface area contributed by atoms with Crippen molar-refractivity contribution in [3.63, 3.8) is 0 Å². The quantitative estimate of drug-likeness (QED) is 0.0370. The molecule has 1 amide bonds. The van der Waals surface area contributed by atoms with Gasteiger partial charge in [-0.3, -0.25) is 14.9 Å². The van der Waals surface area contributed by atoms with Crippen molar-refractivity contribution >= 4 is 23.4 Å². The van der Waals surface area contributed by atoms with Gasteiger partial charge in [-0.1, -0.05) is 48.3 Å². The largest absolute Gasteiger partial charge is 0.489 e. The first-order valence-corrected chi connectivity index (χ1v) is 22.1. The van der Waals surface area contributed by atoms with E-state index < -0.39 is 29.0 Å². The number of unbranched alkanes of at least 4 members (excludes halogenated alkanes) is 2. The fourth-order valence-electron chi connectivity index (χ4n) is 9.66. The summed E-state index contributed by atoms with van der Waals surface area (Å²) in [4.78, 5) is 33.0. The number of amides is 1. The lowest BCUT2D eigenvalue weighted by atomic mass is 9.55. The fourth-order valence-corrected chi connectivity index (χ4v) is 9.66. The van der Waals surface area contributed by atoms with Crippen molar-refractivity contribution in [2.24, 2.45) is 22.9 Å². The highest BCUT2D eigenvalue weighted by atomic mass is 19.1. The van der Waals surface area contributed by atoms with Crippen LogP contribution in [-0.2, 0) is 25.7 Å². The highest BCUT2D eigenvalue weighted by Gasteiger charge is 2.65. The van der Waals surface area contributed by atoms with Crippen LogP contribution in [0.4, 0.5) is 10.1 Å². The molecule has 13 nitrogen and oxygen atoms in total. The zero-order valence-electron chi connectivity index (χ0n) is 35.8. The van der Waals surface area contributed by atoms with Crippen molar-refractivity contribution < 1.29 is 48.1 Å². The molecule has 0 aromatic heterocycles. The van der Waals surface area contributed by atoms with Crippen LogP contribution in [0.2, 0.25) is 0 Å². The number of benzene rings is 3. The van der Waals surface area contributed by atoms with Gasteiger partial charge in [-0.25, -0.2) is 4.39 Å². The molecule has 2 fully saturated rings. The Bertz CT molecular complexity index is 2150. The molecule has 1 saturated heterocycles. The van der Waals surface area contributed by atoms with E-state index >= 15 is 0 Å². The van der Waals surface area contributed by atoms with E-state index in [1.54, 1.807) is 60.5 Å². The maximum atomic E-state index is 14.7. The third-order valence-corrected chi connectivity index (χ3v) is 12.8. The minimum absolute atomic E-state index is 0.00852. The maximum absolute atomic E-state index is 14.7. The minimum Gasteiger partial charge on any atom is -0.489 e. The molecule has 7 unspecified atom stereocenters. The summed E-state index contributed by atoms with van der Waals surface area (Å²) in [6.45, 7) is 4.79. The number of halogens is 1. The third-order valence-electron chi connectivity index (χ3n) is 12.8. The SMILES string of the molecule is C=CCOC12Oc3ccc(OCc4ccccc4F)cc3C3C(CCCCO)C(CCCCO)C=C(C(=NOC4CCCCO4)CC1N(C)C(=O)C=Cc1ccc([N+](=O)[O-])cc1)C32. The van der Waals surface area contributed by atoms with Crippen molar-refractivity contribution in [2.75, 3.05) is 33.5 Å². The summed E-state index contributed by atoms with van der Waals surface area (Å²) in [6, 6.07) is 17.3. The van der Waals surface area contributed by atoms with Crippen molar-refractivity contribution in [2.45, 2.75) is 94.9 Å². The average molecular weight is 868 g/mol. The number of nitrogens with zero attached hydrogens (tertiary/aromatic N) is 3. The second-order valence-electron chi connectivity index (χ2n) is 16.7. The molecular weight excluding hydrogens is 810 g/mol. The Labute approximate surface area is 368 Å². The molecular formula is C49H58FN3O10. The number of aliphatic hydroxyl groups is 2. The molecule has 0 bridgehead atoms. The standard InChI is InChI=1S/C49H58FN3O10/c1-3-27-61-49-44(52(2)45(56)24-19-33-17-20-36(21-18-33)53(57)58)31-42(51-63-46-16-8-11-28-59-46)39-29-34(12-6-9-25-54)38(14-7-10-26-55)47(48(39)49)40-30-37(22-23-43(40)62-49)60-32-35-13-4-5-15-41(35)50/h3-5,13,15,17-24,29-30,34,38,44,46-48,54-55H,1,6-12,14,16,25-28,31-32H2,2H3. The summed E-state index contributed by atoms with van der Waals surface area (Å²) in [5.41, 5.74) is 3.37. The summed E-state index contributed by atoms with van der Waals surface area (Å²) < 4.78 is 41.2. The van der Waals surface area contributed by atoms with Crippen LogP contribution >= 0.6 is 0 Å². The van der Waals surface area contributed by atoms with Gasteiger partial charge in [0.25, 0.3) is 5.69 Å². The van der Waals surface area contributed by atoms with Gasteiger partial charge in [0.2, 0.25) is 18.0 Å². The molecule has 3 aromatic carbocycles. The molecule has 14 heteroatoms. The molecule has 2 heterocycles. The topological polar surface area (TPSA) is 162 Å². The van der Waals surface area contributed by atoms with E-state index in [9.17, 15) is 29.5 Å². The van der Waals surface area contributed by atoms with Crippen molar-refractivity contribution in [3.05, 3.63) is 130 Å². The first kappa shape index (κ1) is 45.6. The molecule has 63 heavy (non-hydrogen) atoms. The number of rotatable bonds is 20. The molecule has 7 rings (SSSR count). The number of ether oxygens (including phenoxy) is 4. The lowest BCUT2D eigenvalue weighted by Gasteiger charge is -2.59. The number of allylic oxidation sites excluding steroid dienone is 1. The highest BCUT2D eigenvalue weighted by Crippen LogP contribution is 2.62. The smallest absolute Gasteiger partial charge is 0.269 e. The van der Waals surface area contributed by atoms with Crippen molar-refractivity contribution in [3.8, 4) is 11.5 Å². The number of nitro benzene ring substituents is 1. The van der Waals surface area contributed by atoms with Crippen molar-refractivity contribution in [1.82, 2.24) is 4.90 Å². The van der Waals surface area contributed by atoms with Gasteiger partial charge in [-0.15, -0.1) is 6.58 Å². The Morgan fingerprint density at radius 2 is 1.84 bits per heavy atom. The van der Waals surface area contributed by atoms with Crippen LogP contribution in [-0.4, -0.2) is 83.2 Å². The average Bonchev–Trinajstić information content (AvgIpc) is 3.30. The molecule has 4 aliphatic rings. The molecule has 1 saturated carbocycles. The van der Waals surface area contributed by atoms with E-state index in [2.05, 4.69) is 12.7 Å². The van der Waals surface area contributed by atoms with Gasteiger partial charge >= 0.3 is 0 Å². The van der Waals surface area contributed by atoms with E-state index in [0.717, 1.165) is 49.7 Å². The number of oxime groups is 1. The Balaban J connectivity index is 1.37. The lowest BCUT2D eigenvalue weighted by molar-refractivity contribution is -0.384. The Kier molecular flexibility index (Phi) is 15.4. The molecule has 7 atom stereocenters. The van der Waals surface area contributed by atoms with Crippen LogP contribution < -0.4 is 9.47 Å². The summed E-state index contributed by atoms with van der Waals surface area (Å²) in [5.74, 6) is -1.91. The molecule has 336 valence electrons. The highest BCUT2D eigenvalue weighted by molar-refractivity contribution is 6.03. The van der Waals surface area contributed by atoms with Crippen LogP contribution in [0, 0.1) is 33.7 Å². The van der Waals surface area contributed by atoms with Gasteiger partial charge < -0.3 is 38.9 Å². The van der Waals surface area contributed by atoms with Crippen molar-refractivity contribution in [1.29, 1.82) is 0 Å². The second-order valence-corrected chi connectivity index (χ2v) is 16.7.